The summed E-state index contributed by atoms with van der Waals surface area (Å²) in [5.41, 5.74) is 6.23. The van der Waals surface area contributed by atoms with E-state index in [1.165, 1.54) is 11.1 Å². The smallest absolute Gasteiger partial charge is 0.407 e. The number of ketones is 1. The molecule has 0 saturated heterocycles. The Morgan fingerprint density at radius 3 is 2.22 bits per heavy atom. The third-order valence-corrected chi connectivity index (χ3v) is 6.23. The second kappa shape index (κ2) is 8.00. The number of benzene rings is 3. The van der Waals surface area contributed by atoms with Crippen LogP contribution in [0.2, 0.25) is 0 Å². The van der Waals surface area contributed by atoms with Crippen LogP contribution < -0.4 is 5.32 Å². The lowest BCUT2D eigenvalue weighted by Crippen LogP contribution is -2.39. The Balaban J connectivity index is 1.28. The molecule has 0 unspecified atom stereocenters. The van der Waals surface area contributed by atoms with E-state index in [9.17, 15) is 9.59 Å². The number of carbonyl (C=O) groups is 2. The summed E-state index contributed by atoms with van der Waals surface area (Å²) in [7, 11) is 1.91. The van der Waals surface area contributed by atoms with E-state index in [1.807, 2.05) is 66.3 Å². The highest BCUT2D eigenvalue weighted by Crippen LogP contribution is 2.44. The summed E-state index contributed by atoms with van der Waals surface area (Å²) in [5, 5.41) is 3.58. The average molecular weight is 425 g/mol. The number of aryl methyl sites for hydroxylation is 1. The Kier molecular flexibility index (Phi) is 5.02. The first-order chi connectivity index (χ1) is 15.5. The number of nitrogens with one attached hydrogen (secondary N) is 1. The highest BCUT2D eigenvalue weighted by Gasteiger charge is 2.29. The molecule has 1 aliphatic carbocycles. The first-order valence-electron chi connectivity index (χ1n) is 10.7. The molecule has 1 heterocycles. The van der Waals surface area contributed by atoms with Crippen molar-refractivity contribution in [2.24, 2.45) is 7.05 Å². The molecule has 5 nitrogen and oxygen atoms in total. The fraction of sp³-hybridized carbons (Fsp3) is 0.185. The van der Waals surface area contributed by atoms with Gasteiger partial charge in [-0.15, -0.1) is 0 Å². The summed E-state index contributed by atoms with van der Waals surface area (Å²) in [6, 6.07) is 23.4. The molecule has 32 heavy (non-hydrogen) atoms. The number of fused-ring (bicyclic) bond motifs is 4. The van der Waals surface area contributed by atoms with Crippen molar-refractivity contribution in [2.75, 3.05) is 6.61 Å². The molecule has 0 spiro atoms. The van der Waals surface area contributed by atoms with Gasteiger partial charge in [0.2, 0.25) is 0 Å². The Morgan fingerprint density at radius 2 is 1.53 bits per heavy atom. The number of aromatic nitrogens is 1. The zero-order valence-electron chi connectivity index (χ0n) is 18.0. The number of nitrogens with zero attached hydrogens (tertiary/aromatic N) is 1. The van der Waals surface area contributed by atoms with Gasteiger partial charge in [0, 0.05) is 35.6 Å². The summed E-state index contributed by atoms with van der Waals surface area (Å²) < 4.78 is 7.50. The number of Topliss-reactive ketones (excluding diaryl/α,β-unsaturated/α-hetero) is 1. The summed E-state index contributed by atoms with van der Waals surface area (Å²) in [4.78, 5) is 25.6. The lowest BCUT2D eigenvalue weighted by molar-refractivity contribution is 0.0930. The van der Waals surface area contributed by atoms with Crippen LogP contribution in [0.5, 0.6) is 0 Å². The minimum Gasteiger partial charge on any atom is -0.449 e. The number of carbonyl (C=O) groups excluding carboxylic acids is 2. The van der Waals surface area contributed by atoms with Gasteiger partial charge in [0.25, 0.3) is 0 Å². The fourth-order valence-corrected chi connectivity index (χ4v) is 4.65. The summed E-state index contributed by atoms with van der Waals surface area (Å²) in [6.07, 6.45) is 1.22. The topological polar surface area (TPSA) is 60.3 Å². The third-order valence-electron chi connectivity index (χ3n) is 6.23. The highest BCUT2D eigenvalue weighted by molar-refractivity contribution is 6.11. The number of hydrogen-bond donors (Lipinski definition) is 1. The van der Waals surface area contributed by atoms with Crippen molar-refractivity contribution < 1.29 is 14.3 Å². The molecule has 5 rings (SSSR count). The number of amides is 1. The van der Waals surface area contributed by atoms with E-state index in [0.717, 1.165) is 22.0 Å². The van der Waals surface area contributed by atoms with Crippen LogP contribution >= 0.6 is 0 Å². The van der Waals surface area contributed by atoms with Gasteiger partial charge in [0.15, 0.2) is 5.78 Å². The maximum Gasteiger partial charge on any atom is 0.407 e. The monoisotopic (exact) mass is 424 g/mol. The largest absolute Gasteiger partial charge is 0.449 e. The highest BCUT2D eigenvalue weighted by atomic mass is 16.5. The van der Waals surface area contributed by atoms with Gasteiger partial charge in [-0.2, -0.15) is 0 Å². The molecule has 1 amide bonds. The number of rotatable bonds is 5. The normalized spacial score (nSPS) is 13.4. The Bertz CT molecular complexity index is 1290. The molecule has 1 aliphatic rings. The summed E-state index contributed by atoms with van der Waals surface area (Å²) in [5.74, 6) is -0.160. The zero-order valence-corrected chi connectivity index (χ0v) is 18.0. The van der Waals surface area contributed by atoms with Crippen molar-refractivity contribution >= 4 is 22.8 Å². The van der Waals surface area contributed by atoms with E-state index in [4.69, 9.17) is 4.74 Å². The molecule has 4 aromatic rings. The van der Waals surface area contributed by atoms with Crippen LogP contribution in [0.4, 0.5) is 4.79 Å². The van der Waals surface area contributed by atoms with Crippen LogP contribution in [0.3, 0.4) is 0 Å². The molecule has 5 heteroatoms. The number of ether oxygens (including phenoxy) is 1. The van der Waals surface area contributed by atoms with Crippen molar-refractivity contribution in [1.82, 2.24) is 9.88 Å². The van der Waals surface area contributed by atoms with E-state index in [0.29, 0.717) is 5.56 Å². The van der Waals surface area contributed by atoms with Crippen molar-refractivity contribution in [3.05, 3.63) is 95.7 Å². The number of hydrogen-bond acceptors (Lipinski definition) is 3. The SMILES string of the molecule is C[C@H](NC(=O)OCC1c2ccccc2-c2ccccc21)C(=O)c1cn(C)c2ccccc12. The molecule has 0 aliphatic heterocycles. The molecule has 3 aromatic carbocycles. The summed E-state index contributed by atoms with van der Waals surface area (Å²) >= 11 is 0. The van der Waals surface area contributed by atoms with E-state index >= 15 is 0 Å². The molecule has 0 saturated carbocycles. The van der Waals surface area contributed by atoms with Gasteiger partial charge in [0.1, 0.15) is 6.61 Å². The van der Waals surface area contributed by atoms with Gasteiger partial charge in [0.05, 0.1) is 6.04 Å². The standard InChI is InChI=1S/C27H24N2O3/c1-17(26(30)23-15-29(2)25-14-8-7-13-22(23)25)28-27(31)32-16-24-20-11-5-3-9-18(20)19-10-4-6-12-21(19)24/h3-15,17,24H,16H2,1-2H3,(H,28,31)/t17-/m0/s1. The predicted octanol–water partition coefficient (Wildman–Crippen LogP) is 5.29. The summed E-state index contributed by atoms with van der Waals surface area (Å²) in [6.45, 7) is 1.90. The van der Waals surface area contributed by atoms with Gasteiger partial charge in [-0.05, 0) is 35.2 Å². The van der Waals surface area contributed by atoms with Crippen molar-refractivity contribution in [2.45, 2.75) is 18.9 Å². The number of para-hydroxylation sites is 1. The van der Waals surface area contributed by atoms with Gasteiger partial charge < -0.3 is 14.6 Å². The lowest BCUT2D eigenvalue weighted by Gasteiger charge is -2.16. The van der Waals surface area contributed by atoms with Gasteiger partial charge >= 0.3 is 6.09 Å². The third kappa shape index (κ3) is 3.36. The van der Waals surface area contributed by atoms with Gasteiger partial charge in [-0.25, -0.2) is 4.79 Å². The minimum atomic E-state index is -0.698. The maximum absolute atomic E-state index is 13.0. The van der Waals surface area contributed by atoms with Crippen LogP contribution in [-0.2, 0) is 11.8 Å². The van der Waals surface area contributed by atoms with E-state index < -0.39 is 12.1 Å². The molecule has 0 bridgehead atoms. The van der Waals surface area contributed by atoms with Gasteiger partial charge in [-0.3, -0.25) is 4.79 Å². The molecule has 160 valence electrons. The zero-order chi connectivity index (χ0) is 22.2. The van der Waals surface area contributed by atoms with Crippen LogP contribution in [0, 0.1) is 0 Å². The molecule has 1 aromatic heterocycles. The van der Waals surface area contributed by atoms with Crippen LogP contribution in [0.1, 0.15) is 34.3 Å². The number of alkyl carbamates (subject to hydrolysis) is 1. The second-order valence-corrected chi connectivity index (χ2v) is 8.23. The van der Waals surface area contributed by atoms with E-state index in [2.05, 4.69) is 29.6 Å². The molecule has 1 N–H and O–H groups in total. The first-order valence-corrected chi connectivity index (χ1v) is 10.7. The van der Waals surface area contributed by atoms with Crippen molar-refractivity contribution in [3.63, 3.8) is 0 Å². The molecular formula is C27H24N2O3. The maximum atomic E-state index is 13.0. The Labute approximate surface area is 186 Å². The molecule has 1 atom stereocenters. The lowest BCUT2D eigenvalue weighted by atomic mass is 9.98. The average Bonchev–Trinajstić information content (AvgIpc) is 3.32. The van der Waals surface area contributed by atoms with Crippen LogP contribution in [0.15, 0.2) is 79.0 Å². The Hall–Kier alpha value is -3.86. The molecule has 0 fully saturated rings. The quantitative estimate of drug-likeness (QED) is 0.443. The fourth-order valence-electron chi connectivity index (χ4n) is 4.65. The molecule has 0 radical (unpaired) electrons. The first kappa shape index (κ1) is 20.1. The van der Waals surface area contributed by atoms with Crippen molar-refractivity contribution in [3.8, 4) is 11.1 Å². The Morgan fingerprint density at radius 1 is 0.938 bits per heavy atom. The predicted molar refractivity (Wildman–Crippen MR) is 125 cm³/mol. The van der Waals surface area contributed by atoms with E-state index in [-0.39, 0.29) is 18.3 Å². The van der Waals surface area contributed by atoms with Crippen molar-refractivity contribution in [1.29, 1.82) is 0 Å². The van der Waals surface area contributed by atoms with E-state index in [1.54, 1.807) is 6.92 Å². The van der Waals surface area contributed by atoms with Crippen LogP contribution in [0.25, 0.3) is 22.0 Å². The molecular weight excluding hydrogens is 400 g/mol. The second-order valence-electron chi connectivity index (χ2n) is 8.23. The van der Waals surface area contributed by atoms with Gasteiger partial charge in [-0.1, -0.05) is 66.7 Å². The minimum absolute atomic E-state index is 0.0165. The van der Waals surface area contributed by atoms with Crippen LogP contribution in [-0.4, -0.2) is 29.1 Å².